The molecule has 0 bridgehead atoms. The molecule has 1 saturated carbocycles. The van der Waals surface area contributed by atoms with Crippen molar-refractivity contribution in [3.63, 3.8) is 0 Å². The number of hydrogen-bond acceptors (Lipinski definition) is 4. The smallest absolute Gasteiger partial charge is 0.192 e. The number of aliphatic hydroxyl groups excluding tert-OH is 1. The zero-order chi connectivity index (χ0) is 30.7. The summed E-state index contributed by atoms with van der Waals surface area (Å²) in [5.41, 5.74) is 9.54. The fraction of sp³-hybridized carbons (Fsp3) is 0.649. The minimum atomic E-state index is -2.09. The predicted molar refractivity (Wildman–Crippen MR) is 177 cm³/mol. The first-order valence-electron chi connectivity index (χ1n) is 16.3. The van der Waals surface area contributed by atoms with Crippen LogP contribution in [0.4, 0.5) is 0 Å². The van der Waals surface area contributed by atoms with Gasteiger partial charge in [-0.25, -0.2) is 0 Å². The molecule has 2 aromatic rings. The summed E-state index contributed by atoms with van der Waals surface area (Å²) in [5.74, 6) is 0.187. The van der Waals surface area contributed by atoms with Crippen molar-refractivity contribution in [2.75, 3.05) is 13.2 Å². The maximum absolute atomic E-state index is 12.3. The second-order valence-electron chi connectivity index (χ2n) is 16.2. The van der Waals surface area contributed by atoms with Gasteiger partial charge < -0.3 is 14.3 Å². The molecule has 5 heteroatoms. The molecule has 0 amide bonds. The summed E-state index contributed by atoms with van der Waals surface area (Å²) in [6.45, 7) is 24.2. The molecule has 1 aromatic heterocycles. The third kappa shape index (κ3) is 5.96. The van der Waals surface area contributed by atoms with Crippen molar-refractivity contribution in [3.05, 3.63) is 69.5 Å². The first kappa shape index (κ1) is 31.6. The second kappa shape index (κ2) is 11.3. The van der Waals surface area contributed by atoms with E-state index in [1.165, 1.54) is 47.2 Å². The molecule has 2 heterocycles. The summed E-state index contributed by atoms with van der Waals surface area (Å²) >= 11 is 0. The van der Waals surface area contributed by atoms with E-state index in [2.05, 4.69) is 98.8 Å². The highest BCUT2D eigenvalue weighted by Gasteiger charge is 2.49. The molecule has 4 nitrogen and oxygen atoms in total. The van der Waals surface area contributed by atoms with Gasteiger partial charge in [0.25, 0.3) is 0 Å². The number of ether oxygens (including phenoxy) is 1. The van der Waals surface area contributed by atoms with Gasteiger partial charge in [-0.15, -0.1) is 0 Å². The molecule has 1 N–H and O–H groups in total. The maximum Gasteiger partial charge on any atom is 0.192 e. The first-order valence-corrected chi connectivity index (χ1v) is 19.2. The molecule has 230 valence electrons. The van der Waals surface area contributed by atoms with Gasteiger partial charge in [0, 0.05) is 22.5 Å². The molecule has 2 unspecified atom stereocenters. The maximum atomic E-state index is 12.3. The summed E-state index contributed by atoms with van der Waals surface area (Å²) in [5, 5.41) is 12.4. The third-order valence-electron chi connectivity index (χ3n) is 10.7. The van der Waals surface area contributed by atoms with E-state index in [9.17, 15) is 5.11 Å². The van der Waals surface area contributed by atoms with Gasteiger partial charge in [-0.1, -0.05) is 92.2 Å². The largest absolute Gasteiger partial charge is 0.410 e. The zero-order valence-electron chi connectivity index (χ0n) is 28.0. The standard InChI is InChI=1S/C37H55NO3Si/c1-24(2)33-32(34(39)26-12-14-27(15-13-26)35(3,4)5)30(25-16-20-40-21-17-25)31-28(38-33)22-37(18-11-19-37)23-29(31)41-42(9,10)36(6,7)8/h12-16,24,29,34,39H,11,17-23H2,1-10H3. The quantitative estimate of drug-likeness (QED) is 0.341. The zero-order valence-corrected chi connectivity index (χ0v) is 29.0. The van der Waals surface area contributed by atoms with E-state index >= 15 is 0 Å². The molecule has 3 aliphatic rings. The lowest BCUT2D eigenvalue weighted by molar-refractivity contribution is 0.0296. The lowest BCUT2D eigenvalue weighted by Gasteiger charge is -2.51. The molecular formula is C37H55NO3Si. The minimum Gasteiger partial charge on any atom is -0.410 e. The number of aromatic nitrogens is 1. The Balaban J connectivity index is 1.75. The first-order chi connectivity index (χ1) is 19.5. The Bertz CT molecular complexity index is 1320. The number of aliphatic hydroxyl groups is 1. The number of fused-ring (bicyclic) bond motifs is 1. The van der Waals surface area contributed by atoms with Gasteiger partial charge in [0.15, 0.2) is 8.32 Å². The van der Waals surface area contributed by atoms with Crippen LogP contribution in [0.25, 0.3) is 5.57 Å². The Hall–Kier alpha value is -1.79. The molecule has 5 rings (SSSR count). The van der Waals surface area contributed by atoms with Crippen LogP contribution in [0.5, 0.6) is 0 Å². The molecule has 42 heavy (non-hydrogen) atoms. The molecule has 2 atom stereocenters. The molecule has 1 aliphatic heterocycles. The normalized spacial score (nSPS) is 21.6. The van der Waals surface area contributed by atoms with Gasteiger partial charge in [-0.2, -0.15) is 0 Å². The van der Waals surface area contributed by atoms with Crippen molar-refractivity contribution >= 4 is 13.9 Å². The Morgan fingerprint density at radius 2 is 1.71 bits per heavy atom. The number of hydrogen-bond donors (Lipinski definition) is 1. The van der Waals surface area contributed by atoms with Crippen LogP contribution in [-0.2, 0) is 21.0 Å². The molecule has 1 aromatic carbocycles. The van der Waals surface area contributed by atoms with Gasteiger partial charge in [0.2, 0.25) is 0 Å². The Morgan fingerprint density at radius 3 is 2.21 bits per heavy atom. The van der Waals surface area contributed by atoms with E-state index in [4.69, 9.17) is 14.1 Å². The summed E-state index contributed by atoms with van der Waals surface area (Å²) in [6, 6.07) is 8.58. The van der Waals surface area contributed by atoms with E-state index in [1.807, 2.05) is 0 Å². The number of nitrogens with zero attached hydrogens (tertiary/aromatic N) is 1. The van der Waals surface area contributed by atoms with Crippen molar-refractivity contribution in [1.29, 1.82) is 0 Å². The topological polar surface area (TPSA) is 51.6 Å². The summed E-state index contributed by atoms with van der Waals surface area (Å²) in [7, 11) is -2.09. The third-order valence-corrected chi connectivity index (χ3v) is 15.2. The van der Waals surface area contributed by atoms with E-state index < -0.39 is 14.4 Å². The van der Waals surface area contributed by atoms with Crippen LogP contribution in [0.1, 0.15) is 145 Å². The lowest BCUT2D eigenvalue weighted by atomic mass is 9.59. The molecule has 1 spiro atoms. The molecular weight excluding hydrogens is 534 g/mol. The molecule has 2 aliphatic carbocycles. The monoisotopic (exact) mass is 589 g/mol. The van der Waals surface area contributed by atoms with Crippen LogP contribution in [-0.4, -0.2) is 31.6 Å². The van der Waals surface area contributed by atoms with Crippen LogP contribution >= 0.6 is 0 Å². The van der Waals surface area contributed by atoms with Crippen molar-refractivity contribution < 1.29 is 14.3 Å². The fourth-order valence-electron chi connectivity index (χ4n) is 6.93. The van der Waals surface area contributed by atoms with Crippen LogP contribution in [0.2, 0.25) is 18.1 Å². The molecule has 0 radical (unpaired) electrons. The van der Waals surface area contributed by atoms with Crippen LogP contribution < -0.4 is 0 Å². The van der Waals surface area contributed by atoms with E-state index in [0.29, 0.717) is 18.6 Å². The van der Waals surface area contributed by atoms with E-state index in [1.54, 1.807) is 0 Å². The predicted octanol–water partition coefficient (Wildman–Crippen LogP) is 9.57. The SMILES string of the molecule is CC(C)c1nc2c(c(C3=CCOCC3)c1C(O)c1ccc(C(C)(C)C)cc1)C(O[Si](C)(C)C(C)(C)C)CC1(CCC1)C2. The Morgan fingerprint density at radius 1 is 1.05 bits per heavy atom. The second-order valence-corrected chi connectivity index (χ2v) is 21.0. The Kier molecular flexibility index (Phi) is 8.50. The van der Waals surface area contributed by atoms with Gasteiger partial charge in [-0.05, 0) is 89.2 Å². The molecule has 0 saturated heterocycles. The van der Waals surface area contributed by atoms with Crippen molar-refractivity contribution in [3.8, 4) is 0 Å². The number of pyridine rings is 1. The van der Waals surface area contributed by atoms with Crippen molar-refractivity contribution in [2.24, 2.45) is 5.41 Å². The van der Waals surface area contributed by atoms with Gasteiger partial charge in [-0.3, -0.25) is 4.98 Å². The number of benzene rings is 1. The highest BCUT2D eigenvalue weighted by molar-refractivity contribution is 6.74. The minimum absolute atomic E-state index is 0.00313. The van der Waals surface area contributed by atoms with E-state index in [0.717, 1.165) is 36.1 Å². The van der Waals surface area contributed by atoms with E-state index in [-0.39, 0.29) is 22.5 Å². The van der Waals surface area contributed by atoms with Gasteiger partial charge >= 0.3 is 0 Å². The Labute approximate surface area is 256 Å². The van der Waals surface area contributed by atoms with Crippen LogP contribution in [0.15, 0.2) is 30.3 Å². The van der Waals surface area contributed by atoms with Crippen molar-refractivity contribution in [2.45, 2.75) is 136 Å². The highest BCUT2D eigenvalue weighted by atomic mass is 28.4. The highest BCUT2D eigenvalue weighted by Crippen LogP contribution is 2.57. The number of rotatable bonds is 6. The summed E-state index contributed by atoms with van der Waals surface area (Å²) in [6.07, 6.45) is 8.23. The lowest BCUT2D eigenvalue weighted by Crippen LogP contribution is -2.46. The summed E-state index contributed by atoms with van der Waals surface area (Å²) < 4.78 is 13.2. The summed E-state index contributed by atoms with van der Waals surface area (Å²) in [4.78, 5) is 5.51. The van der Waals surface area contributed by atoms with Crippen molar-refractivity contribution in [1.82, 2.24) is 4.98 Å². The average molecular weight is 590 g/mol. The van der Waals surface area contributed by atoms with Crippen LogP contribution in [0, 0.1) is 5.41 Å². The average Bonchev–Trinajstić information content (AvgIpc) is 2.89. The van der Waals surface area contributed by atoms with Gasteiger partial charge in [0.1, 0.15) is 6.10 Å². The molecule has 1 fully saturated rings. The fourth-order valence-corrected chi connectivity index (χ4v) is 8.19. The van der Waals surface area contributed by atoms with Gasteiger partial charge in [0.05, 0.1) is 19.3 Å². The van der Waals surface area contributed by atoms with Crippen LogP contribution in [0.3, 0.4) is 0 Å².